The maximum atomic E-state index is 5.76. The van der Waals surface area contributed by atoms with Crippen LogP contribution in [0.1, 0.15) is 41.5 Å². The van der Waals surface area contributed by atoms with E-state index in [9.17, 15) is 0 Å². The van der Waals surface area contributed by atoms with Crippen LogP contribution in [-0.4, -0.2) is 87.8 Å². The number of ether oxygens (including phenoxy) is 2. The second-order valence-electron chi connectivity index (χ2n) is 6.25. The zero-order valence-corrected chi connectivity index (χ0v) is 16.2. The fourth-order valence-electron chi connectivity index (χ4n) is 3.13. The zero-order chi connectivity index (χ0) is 16.9. The molecule has 4 nitrogen and oxygen atoms in total. The van der Waals surface area contributed by atoms with Gasteiger partial charge in [0, 0.05) is 0 Å². The van der Waals surface area contributed by atoms with E-state index in [-0.39, 0.29) is 0 Å². The van der Waals surface area contributed by atoms with Crippen molar-refractivity contribution < 1.29 is 18.4 Å². The van der Waals surface area contributed by atoms with Gasteiger partial charge in [-0.05, 0) is 41.5 Å². The summed E-state index contributed by atoms with van der Waals surface area (Å²) in [5, 5.41) is 0. The van der Waals surface area contributed by atoms with Gasteiger partial charge >= 0.3 is 0 Å². The van der Waals surface area contributed by atoms with E-state index >= 15 is 0 Å². The van der Waals surface area contributed by atoms with Gasteiger partial charge in [0.25, 0.3) is 0 Å². The summed E-state index contributed by atoms with van der Waals surface area (Å²) >= 11 is 0. The number of nitrogens with zero attached hydrogens (tertiary/aromatic N) is 2. The van der Waals surface area contributed by atoms with Gasteiger partial charge in [-0.15, -0.1) is 0 Å². The molecule has 0 saturated carbocycles. The van der Waals surface area contributed by atoms with Crippen LogP contribution in [0.3, 0.4) is 0 Å². The van der Waals surface area contributed by atoms with Crippen LogP contribution >= 0.6 is 0 Å². The summed E-state index contributed by atoms with van der Waals surface area (Å²) in [5.74, 6) is 0. The van der Waals surface area contributed by atoms with Crippen molar-refractivity contribution in [3.8, 4) is 0 Å². The molecule has 0 heterocycles. The first-order valence-electron chi connectivity index (χ1n) is 9.43. The normalized spacial score (nSPS) is 12.8. The van der Waals surface area contributed by atoms with Crippen molar-refractivity contribution >= 4 is 0 Å². The van der Waals surface area contributed by atoms with Crippen molar-refractivity contribution in [2.24, 2.45) is 0 Å². The second kappa shape index (κ2) is 12.3. The molecule has 0 bridgehead atoms. The summed E-state index contributed by atoms with van der Waals surface area (Å²) in [4.78, 5) is 0. The summed E-state index contributed by atoms with van der Waals surface area (Å²) in [6.07, 6.45) is 0. The summed E-state index contributed by atoms with van der Waals surface area (Å²) in [6.45, 7) is 26.2. The molecule has 134 valence electrons. The lowest BCUT2D eigenvalue weighted by Crippen LogP contribution is -2.49. The molecule has 0 radical (unpaired) electrons. The Morgan fingerprint density at radius 2 is 0.727 bits per heavy atom. The monoisotopic (exact) mass is 318 g/mol. The minimum atomic E-state index is 0.724. The van der Waals surface area contributed by atoms with Crippen LogP contribution in [0.4, 0.5) is 0 Å². The first-order valence-corrected chi connectivity index (χ1v) is 9.43. The Morgan fingerprint density at radius 3 is 0.955 bits per heavy atom. The molecule has 0 aliphatic carbocycles. The Hall–Kier alpha value is -0.160. The summed E-state index contributed by atoms with van der Waals surface area (Å²) in [6, 6.07) is 0. The molecule has 0 rings (SSSR count). The molecule has 0 aromatic rings. The van der Waals surface area contributed by atoms with Crippen LogP contribution in [0.2, 0.25) is 0 Å². The third-order valence-electron chi connectivity index (χ3n) is 5.82. The van der Waals surface area contributed by atoms with Gasteiger partial charge in [-0.2, -0.15) is 0 Å². The lowest BCUT2D eigenvalue weighted by atomic mass is 10.3. The van der Waals surface area contributed by atoms with E-state index in [1.807, 2.05) is 0 Å². The highest BCUT2D eigenvalue weighted by Crippen LogP contribution is 2.06. The molecule has 0 saturated heterocycles. The predicted molar refractivity (Wildman–Crippen MR) is 95.1 cm³/mol. The maximum absolute atomic E-state index is 5.76. The second-order valence-corrected chi connectivity index (χ2v) is 6.25. The molecule has 0 N–H and O–H groups in total. The van der Waals surface area contributed by atoms with Crippen LogP contribution in [-0.2, 0) is 9.47 Å². The predicted octanol–water partition coefficient (Wildman–Crippen LogP) is 2.77. The number of hydrogen-bond donors (Lipinski definition) is 0. The highest BCUT2D eigenvalue weighted by molar-refractivity contribution is 4.41. The van der Waals surface area contributed by atoms with Gasteiger partial charge in [0.15, 0.2) is 0 Å². The minimum absolute atomic E-state index is 0.724. The standard InChI is InChI=1S/C18H42N2O2/c1-7-19(8-2,9-3)13-15-21-17-18-22-16-14-20(10-4,11-5)12-6/h7-18H2,1-6H3/q+2. The molecule has 22 heavy (non-hydrogen) atoms. The lowest BCUT2D eigenvalue weighted by Gasteiger charge is -2.35. The largest absolute Gasteiger partial charge is 0.373 e. The molecule has 0 fully saturated rings. The number of rotatable bonds is 15. The molecule has 0 aromatic carbocycles. The molecule has 0 aromatic heterocycles. The van der Waals surface area contributed by atoms with Gasteiger partial charge in [-0.1, -0.05) is 0 Å². The Balaban J connectivity index is 3.70. The molecule has 0 amide bonds. The van der Waals surface area contributed by atoms with E-state index in [0.717, 1.165) is 48.5 Å². The number of quaternary nitrogens is 2. The quantitative estimate of drug-likeness (QED) is 0.341. The van der Waals surface area contributed by atoms with Crippen LogP contribution in [0.25, 0.3) is 0 Å². The highest BCUT2D eigenvalue weighted by Gasteiger charge is 2.20. The summed E-state index contributed by atoms with van der Waals surface area (Å²) in [5.41, 5.74) is 0. The summed E-state index contributed by atoms with van der Waals surface area (Å²) < 4.78 is 13.8. The molecule has 0 aliphatic heterocycles. The molecule has 0 aliphatic rings. The third-order valence-corrected chi connectivity index (χ3v) is 5.82. The molecule has 0 unspecified atom stereocenters. The van der Waals surface area contributed by atoms with Crippen LogP contribution in [0, 0.1) is 0 Å². The van der Waals surface area contributed by atoms with E-state index in [1.165, 1.54) is 39.3 Å². The first-order chi connectivity index (χ1) is 10.6. The van der Waals surface area contributed by atoms with Gasteiger partial charge in [0.2, 0.25) is 0 Å². The van der Waals surface area contributed by atoms with Gasteiger partial charge in [-0.25, -0.2) is 0 Å². The fourth-order valence-corrected chi connectivity index (χ4v) is 3.13. The maximum Gasteiger partial charge on any atom is 0.102 e. The van der Waals surface area contributed by atoms with Crippen molar-refractivity contribution in [3.63, 3.8) is 0 Å². The van der Waals surface area contributed by atoms with Crippen LogP contribution in [0.15, 0.2) is 0 Å². The molecular formula is C18H42N2O2+2. The molecule has 4 heteroatoms. The number of hydrogen-bond acceptors (Lipinski definition) is 2. The summed E-state index contributed by atoms with van der Waals surface area (Å²) in [7, 11) is 0. The van der Waals surface area contributed by atoms with Crippen molar-refractivity contribution in [2.45, 2.75) is 41.5 Å². The third kappa shape index (κ3) is 7.40. The topological polar surface area (TPSA) is 18.5 Å². The Morgan fingerprint density at radius 1 is 0.455 bits per heavy atom. The Kier molecular flexibility index (Phi) is 12.2. The first kappa shape index (κ1) is 21.8. The average Bonchev–Trinajstić information content (AvgIpc) is 2.58. The van der Waals surface area contributed by atoms with E-state index in [2.05, 4.69) is 41.5 Å². The van der Waals surface area contributed by atoms with Crippen molar-refractivity contribution in [1.82, 2.24) is 0 Å². The lowest BCUT2D eigenvalue weighted by molar-refractivity contribution is -0.923. The van der Waals surface area contributed by atoms with Crippen LogP contribution < -0.4 is 0 Å². The van der Waals surface area contributed by atoms with Gasteiger partial charge in [0.05, 0.1) is 65.7 Å². The highest BCUT2D eigenvalue weighted by atomic mass is 16.5. The van der Waals surface area contributed by atoms with Gasteiger partial charge in [-0.3, -0.25) is 0 Å². The number of likely N-dealkylation sites (N-methyl/N-ethyl adjacent to an activating group) is 2. The smallest absolute Gasteiger partial charge is 0.102 e. The van der Waals surface area contributed by atoms with Crippen molar-refractivity contribution in [2.75, 3.05) is 78.8 Å². The molecular weight excluding hydrogens is 276 g/mol. The molecule has 0 atom stereocenters. The van der Waals surface area contributed by atoms with Gasteiger partial charge in [0.1, 0.15) is 13.1 Å². The van der Waals surface area contributed by atoms with Crippen LogP contribution in [0.5, 0.6) is 0 Å². The fraction of sp³-hybridized carbons (Fsp3) is 1.00. The van der Waals surface area contributed by atoms with Crippen molar-refractivity contribution in [1.29, 1.82) is 0 Å². The SMILES string of the molecule is CC[N+](CC)(CC)CCOCCOCC[N+](CC)(CC)CC. The minimum Gasteiger partial charge on any atom is -0.373 e. The van der Waals surface area contributed by atoms with E-state index in [1.54, 1.807) is 0 Å². The Bertz CT molecular complexity index is 209. The average molecular weight is 319 g/mol. The molecule has 0 spiro atoms. The van der Waals surface area contributed by atoms with Gasteiger partial charge < -0.3 is 18.4 Å². The van der Waals surface area contributed by atoms with Crippen molar-refractivity contribution in [3.05, 3.63) is 0 Å². The Labute approximate surface area is 139 Å². The zero-order valence-electron chi connectivity index (χ0n) is 16.2. The van der Waals surface area contributed by atoms with E-state index in [0.29, 0.717) is 0 Å². The van der Waals surface area contributed by atoms with E-state index < -0.39 is 0 Å². The van der Waals surface area contributed by atoms with E-state index in [4.69, 9.17) is 9.47 Å².